The molecule has 0 aliphatic carbocycles. The Labute approximate surface area is 436 Å². The monoisotopic (exact) mass is 981 g/mol. The van der Waals surface area contributed by atoms with Crippen molar-refractivity contribution in [2.75, 3.05) is 13.2 Å². The van der Waals surface area contributed by atoms with Crippen LogP contribution in [0.15, 0.2) is 134 Å². The van der Waals surface area contributed by atoms with Gasteiger partial charge in [0.15, 0.2) is 6.10 Å². The molecule has 0 heterocycles. The Balaban J connectivity index is 4.51. The highest BCUT2D eigenvalue weighted by molar-refractivity contribution is 5.71. The topological polar surface area (TPSA) is 78.9 Å². The van der Waals surface area contributed by atoms with E-state index in [1.807, 2.05) is 24.3 Å². The number of carbonyl (C=O) groups is 3. The molecule has 6 heteroatoms. The minimum atomic E-state index is -0.812. The summed E-state index contributed by atoms with van der Waals surface area (Å²) in [5, 5.41) is 0. The van der Waals surface area contributed by atoms with E-state index in [1.54, 1.807) is 0 Å². The number of ether oxygens (including phenoxy) is 3. The standard InChI is InChI=1S/C65H104O6/c1-4-7-10-13-16-19-22-25-28-31-33-35-37-40-43-46-49-52-55-58-64(67)70-61-62(60-69-63(66)57-54-51-48-45-42-39-36-30-27-24-21-18-15-12-9-6-3)71-65(68)59-56-53-50-47-44-41-38-34-32-29-26-23-20-17-14-11-8-5-2/h9,11-12,14,16-23,25-27,29-30,32,34,38-39,42,62H,4-8,10,13,15,24,28,31,33,35-37,40-41,43-61H2,1-3H3/b12-9-,14-11-,19-16-,20-17-,21-18-,25-22-,26-23-,30-27-,32-29-,38-34-,42-39-. The van der Waals surface area contributed by atoms with Crippen molar-refractivity contribution in [2.45, 2.75) is 245 Å². The maximum atomic E-state index is 12.9. The summed E-state index contributed by atoms with van der Waals surface area (Å²) in [6.07, 6.45) is 81.4. The molecule has 0 rings (SSSR count). The molecule has 0 aliphatic rings. The maximum absolute atomic E-state index is 12.9. The highest BCUT2D eigenvalue weighted by Crippen LogP contribution is 2.14. The van der Waals surface area contributed by atoms with E-state index in [0.717, 1.165) is 116 Å². The number of hydrogen-bond donors (Lipinski definition) is 0. The smallest absolute Gasteiger partial charge is 0.306 e. The third-order valence-electron chi connectivity index (χ3n) is 11.7. The molecule has 6 nitrogen and oxygen atoms in total. The van der Waals surface area contributed by atoms with E-state index < -0.39 is 6.10 Å². The zero-order valence-corrected chi connectivity index (χ0v) is 45.7. The van der Waals surface area contributed by atoms with E-state index in [0.29, 0.717) is 12.8 Å². The number of carbonyl (C=O) groups excluding carboxylic acids is 3. The van der Waals surface area contributed by atoms with Gasteiger partial charge in [0.05, 0.1) is 0 Å². The van der Waals surface area contributed by atoms with Crippen LogP contribution in [0.5, 0.6) is 0 Å². The first-order chi connectivity index (χ1) is 35.0. The predicted octanol–water partition coefficient (Wildman–Crippen LogP) is 19.4. The normalized spacial score (nSPS) is 13.1. The molecular weight excluding hydrogens is 877 g/mol. The lowest BCUT2D eigenvalue weighted by molar-refractivity contribution is -0.167. The molecule has 0 fully saturated rings. The van der Waals surface area contributed by atoms with Crippen LogP contribution in [-0.2, 0) is 28.6 Å². The van der Waals surface area contributed by atoms with E-state index in [2.05, 4.69) is 130 Å². The van der Waals surface area contributed by atoms with Crippen molar-refractivity contribution in [3.8, 4) is 0 Å². The average Bonchev–Trinajstić information content (AvgIpc) is 3.37. The van der Waals surface area contributed by atoms with Gasteiger partial charge >= 0.3 is 17.9 Å². The molecule has 0 aliphatic heterocycles. The highest BCUT2D eigenvalue weighted by Gasteiger charge is 2.19. The molecule has 0 saturated carbocycles. The fourth-order valence-corrected chi connectivity index (χ4v) is 7.45. The molecule has 1 unspecified atom stereocenters. The largest absolute Gasteiger partial charge is 0.462 e. The van der Waals surface area contributed by atoms with Gasteiger partial charge in [-0.1, -0.05) is 251 Å². The molecule has 0 amide bonds. The number of esters is 3. The second kappa shape index (κ2) is 58.1. The van der Waals surface area contributed by atoms with Crippen LogP contribution in [0.1, 0.15) is 239 Å². The van der Waals surface area contributed by atoms with Crippen molar-refractivity contribution < 1.29 is 28.6 Å². The van der Waals surface area contributed by atoms with Crippen LogP contribution in [0, 0.1) is 0 Å². The lowest BCUT2D eigenvalue weighted by Crippen LogP contribution is -2.30. The summed E-state index contributed by atoms with van der Waals surface area (Å²) in [5.41, 5.74) is 0. The molecular formula is C65H104O6. The van der Waals surface area contributed by atoms with Gasteiger partial charge in [-0.2, -0.15) is 0 Å². The fraction of sp³-hybridized carbons (Fsp3) is 0.615. The Morgan fingerprint density at radius 2 is 0.634 bits per heavy atom. The van der Waals surface area contributed by atoms with Crippen LogP contribution in [0.4, 0.5) is 0 Å². The Morgan fingerprint density at radius 3 is 1.07 bits per heavy atom. The first-order valence-electron chi connectivity index (χ1n) is 28.8. The first kappa shape index (κ1) is 66.6. The van der Waals surface area contributed by atoms with Crippen molar-refractivity contribution in [1.82, 2.24) is 0 Å². The van der Waals surface area contributed by atoms with Crippen molar-refractivity contribution in [3.63, 3.8) is 0 Å². The summed E-state index contributed by atoms with van der Waals surface area (Å²) >= 11 is 0. The lowest BCUT2D eigenvalue weighted by atomic mass is 10.1. The van der Waals surface area contributed by atoms with E-state index >= 15 is 0 Å². The zero-order chi connectivity index (χ0) is 51.4. The molecule has 1 atom stereocenters. The van der Waals surface area contributed by atoms with Crippen LogP contribution in [0.2, 0.25) is 0 Å². The van der Waals surface area contributed by atoms with Crippen LogP contribution in [0.3, 0.4) is 0 Å². The first-order valence-corrected chi connectivity index (χ1v) is 28.8. The second-order valence-electron chi connectivity index (χ2n) is 18.6. The third kappa shape index (κ3) is 56.3. The van der Waals surface area contributed by atoms with Crippen LogP contribution < -0.4 is 0 Å². The van der Waals surface area contributed by atoms with E-state index in [-0.39, 0.29) is 37.5 Å². The number of unbranched alkanes of at least 4 members (excludes halogenated alkanes) is 22. The van der Waals surface area contributed by atoms with Crippen LogP contribution in [0.25, 0.3) is 0 Å². The lowest BCUT2D eigenvalue weighted by Gasteiger charge is -2.18. The van der Waals surface area contributed by atoms with Gasteiger partial charge in [-0.25, -0.2) is 0 Å². The Morgan fingerprint density at radius 1 is 0.310 bits per heavy atom. The summed E-state index contributed by atoms with van der Waals surface area (Å²) in [5.74, 6) is -0.969. The second-order valence-corrected chi connectivity index (χ2v) is 18.6. The maximum Gasteiger partial charge on any atom is 0.306 e. The van der Waals surface area contributed by atoms with Crippen molar-refractivity contribution in [3.05, 3.63) is 134 Å². The van der Waals surface area contributed by atoms with Gasteiger partial charge in [0.25, 0.3) is 0 Å². The Bertz CT molecular complexity index is 1550. The van der Waals surface area contributed by atoms with Gasteiger partial charge < -0.3 is 14.2 Å². The third-order valence-corrected chi connectivity index (χ3v) is 11.7. The molecule has 0 bridgehead atoms. The molecule has 71 heavy (non-hydrogen) atoms. The van der Waals surface area contributed by atoms with Gasteiger partial charge in [-0.05, 0) is 103 Å². The van der Waals surface area contributed by atoms with E-state index in [1.165, 1.54) is 83.5 Å². The highest BCUT2D eigenvalue weighted by atomic mass is 16.6. The fourth-order valence-electron chi connectivity index (χ4n) is 7.45. The van der Waals surface area contributed by atoms with Crippen molar-refractivity contribution in [2.24, 2.45) is 0 Å². The summed E-state index contributed by atoms with van der Waals surface area (Å²) in [7, 11) is 0. The van der Waals surface area contributed by atoms with Crippen LogP contribution in [-0.4, -0.2) is 37.2 Å². The minimum absolute atomic E-state index is 0.105. The van der Waals surface area contributed by atoms with Gasteiger partial charge in [0, 0.05) is 19.3 Å². The zero-order valence-electron chi connectivity index (χ0n) is 45.7. The van der Waals surface area contributed by atoms with Crippen LogP contribution >= 0.6 is 0 Å². The Hall–Kier alpha value is -4.45. The van der Waals surface area contributed by atoms with Gasteiger partial charge in [-0.3, -0.25) is 14.4 Å². The Kier molecular flexibility index (Phi) is 54.5. The molecule has 0 aromatic heterocycles. The van der Waals surface area contributed by atoms with Gasteiger partial charge in [-0.15, -0.1) is 0 Å². The number of hydrogen-bond acceptors (Lipinski definition) is 6. The predicted molar refractivity (Wildman–Crippen MR) is 306 cm³/mol. The molecule has 0 radical (unpaired) electrons. The molecule has 400 valence electrons. The molecule has 0 saturated heterocycles. The summed E-state index contributed by atoms with van der Waals surface area (Å²) in [4.78, 5) is 38.2. The molecule has 0 spiro atoms. The minimum Gasteiger partial charge on any atom is -0.462 e. The van der Waals surface area contributed by atoms with E-state index in [9.17, 15) is 14.4 Å². The molecule has 0 aromatic carbocycles. The van der Waals surface area contributed by atoms with Crippen molar-refractivity contribution in [1.29, 1.82) is 0 Å². The molecule has 0 aromatic rings. The van der Waals surface area contributed by atoms with Gasteiger partial charge in [0.1, 0.15) is 13.2 Å². The quantitative estimate of drug-likeness (QED) is 0.0199. The number of rotatable bonds is 50. The molecule has 0 N–H and O–H groups in total. The number of allylic oxidation sites excluding steroid dienone is 22. The summed E-state index contributed by atoms with van der Waals surface area (Å²) in [6, 6.07) is 0. The summed E-state index contributed by atoms with van der Waals surface area (Å²) < 4.78 is 16.8. The van der Waals surface area contributed by atoms with E-state index in [4.69, 9.17) is 14.2 Å². The summed E-state index contributed by atoms with van der Waals surface area (Å²) in [6.45, 7) is 6.35. The van der Waals surface area contributed by atoms with Crippen molar-refractivity contribution >= 4 is 17.9 Å². The SMILES string of the molecule is CC/C=C\C/C=C\C/C=C\C/C=C\CCCCCC(=O)OCC(COC(=O)CCCCCCCCCCCC/C=C\C=C/CCCCC)OC(=O)CCCCCCC\C=C/C=C\C=C/C=C\C=C/CCC. The van der Waals surface area contributed by atoms with Gasteiger partial charge in [0.2, 0.25) is 0 Å². The average molecular weight is 982 g/mol.